The quantitative estimate of drug-likeness (QED) is 0.850. The van der Waals surface area contributed by atoms with Gasteiger partial charge in [-0.05, 0) is 31.2 Å². The van der Waals surface area contributed by atoms with Gasteiger partial charge < -0.3 is 14.4 Å². The lowest BCUT2D eigenvalue weighted by atomic mass is 10.1. The van der Waals surface area contributed by atoms with E-state index in [4.69, 9.17) is 9.47 Å². The van der Waals surface area contributed by atoms with Gasteiger partial charge in [-0.2, -0.15) is 0 Å². The Bertz CT molecular complexity index is 510. The summed E-state index contributed by atoms with van der Waals surface area (Å²) in [6.45, 7) is 7.13. The maximum Gasteiger partial charge on any atom is 0.254 e. The largest absolute Gasteiger partial charge is 0.454 e. The first-order valence-corrected chi connectivity index (χ1v) is 7.69. The second kappa shape index (κ2) is 6.35. The normalized spacial score (nSPS) is 18.0. The molecule has 2 aliphatic rings. The Morgan fingerprint density at radius 3 is 2.67 bits per heavy atom. The topological polar surface area (TPSA) is 42.0 Å². The van der Waals surface area contributed by atoms with Gasteiger partial charge >= 0.3 is 0 Å². The lowest BCUT2D eigenvalue weighted by Gasteiger charge is -2.34. The van der Waals surface area contributed by atoms with Crippen LogP contribution in [0.3, 0.4) is 0 Å². The Morgan fingerprint density at radius 2 is 1.90 bits per heavy atom. The number of amides is 1. The molecule has 0 unspecified atom stereocenters. The maximum absolute atomic E-state index is 12.5. The van der Waals surface area contributed by atoms with Gasteiger partial charge in [-0.3, -0.25) is 9.69 Å². The minimum atomic E-state index is 0.0865. The zero-order chi connectivity index (χ0) is 14.7. The van der Waals surface area contributed by atoms with Crippen LogP contribution in [0.25, 0.3) is 0 Å². The van der Waals surface area contributed by atoms with Gasteiger partial charge in [-0.1, -0.05) is 13.3 Å². The molecule has 5 nitrogen and oxygen atoms in total. The Hall–Kier alpha value is -1.75. The zero-order valence-corrected chi connectivity index (χ0v) is 12.5. The van der Waals surface area contributed by atoms with Crippen LogP contribution in [0.4, 0.5) is 0 Å². The summed E-state index contributed by atoms with van der Waals surface area (Å²) >= 11 is 0. The summed E-state index contributed by atoms with van der Waals surface area (Å²) in [7, 11) is 0. The van der Waals surface area contributed by atoms with Gasteiger partial charge in [-0.15, -0.1) is 0 Å². The molecule has 1 fully saturated rings. The van der Waals surface area contributed by atoms with Crippen molar-refractivity contribution in [2.24, 2.45) is 0 Å². The van der Waals surface area contributed by atoms with Crippen molar-refractivity contribution in [3.05, 3.63) is 23.8 Å². The van der Waals surface area contributed by atoms with Crippen LogP contribution >= 0.6 is 0 Å². The van der Waals surface area contributed by atoms with Crippen LogP contribution in [0.2, 0.25) is 0 Å². The fourth-order valence-corrected chi connectivity index (χ4v) is 2.77. The number of carbonyl (C=O) groups is 1. The molecule has 0 atom stereocenters. The molecule has 3 rings (SSSR count). The molecule has 5 heteroatoms. The number of nitrogens with zero attached hydrogens (tertiary/aromatic N) is 2. The number of carbonyl (C=O) groups excluding carboxylic acids is 1. The molecule has 0 bridgehead atoms. The average Bonchev–Trinajstić information content (AvgIpc) is 3.00. The SMILES string of the molecule is CCCCN1CCN(C(=O)c2ccc3c(c2)OCO3)CC1. The summed E-state index contributed by atoms with van der Waals surface area (Å²) in [5.74, 6) is 1.47. The van der Waals surface area contributed by atoms with Crippen molar-refractivity contribution in [3.63, 3.8) is 0 Å². The molecule has 2 heterocycles. The van der Waals surface area contributed by atoms with Crippen LogP contribution in [0.1, 0.15) is 30.1 Å². The van der Waals surface area contributed by atoms with Gasteiger partial charge in [0, 0.05) is 31.7 Å². The van der Waals surface area contributed by atoms with Gasteiger partial charge in [0.2, 0.25) is 6.79 Å². The highest BCUT2D eigenvalue weighted by atomic mass is 16.7. The first kappa shape index (κ1) is 14.2. The predicted octanol–water partition coefficient (Wildman–Crippen LogP) is 1.97. The summed E-state index contributed by atoms with van der Waals surface area (Å²) in [5.41, 5.74) is 0.682. The highest BCUT2D eigenvalue weighted by Crippen LogP contribution is 2.32. The molecule has 0 spiro atoms. The van der Waals surface area contributed by atoms with Crippen LogP contribution in [0.5, 0.6) is 11.5 Å². The fourth-order valence-electron chi connectivity index (χ4n) is 2.77. The number of hydrogen-bond acceptors (Lipinski definition) is 4. The fraction of sp³-hybridized carbons (Fsp3) is 0.562. The van der Waals surface area contributed by atoms with Crippen molar-refractivity contribution in [2.45, 2.75) is 19.8 Å². The van der Waals surface area contributed by atoms with Gasteiger partial charge in [0.15, 0.2) is 11.5 Å². The molecule has 21 heavy (non-hydrogen) atoms. The molecular formula is C16H22N2O3. The van der Waals surface area contributed by atoms with E-state index in [1.54, 1.807) is 6.07 Å². The second-order valence-electron chi connectivity index (χ2n) is 5.56. The monoisotopic (exact) mass is 290 g/mol. The van der Waals surface area contributed by atoms with Crippen LogP contribution in [-0.4, -0.2) is 55.2 Å². The van der Waals surface area contributed by atoms with Crippen molar-refractivity contribution in [1.29, 1.82) is 0 Å². The third-order valence-corrected chi connectivity index (χ3v) is 4.11. The second-order valence-corrected chi connectivity index (χ2v) is 5.56. The number of piperazine rings is 1. The van der Waals surface area contributed by atoms with E-state index in [-0.39, 0.29) is 12.7 Å². The summed E-state index contributed by atoms with van der Waals surface area (Å²) in [5, 5.41) is 0. The highest BCUT2D eigenvalue weighted by Gasteiger charge is 2.23. The number of fused-ring (bicyclic) bond motifs is 1. The summed E-state index contributed by atoms with van der Waals surface area (Å²) in [4.78, 5) is 16.9. The van der Waals surface area contributed by atoms with Gasteiger partial charge in [0.25, 0.3) is 5.91 Å². The standard InChI is InChI=1S/C16H22N2O3/c1-2-3-6-17-7-9-18(10-8-17)16(19)13-4-5-14-15(11-13)21-12-20-14/h4-5,11H,2-3,6-10,12H2,1H3. The first-order valence-electron chi connectivity index (χ1n) is 7.69. The molecule has 1 amide bonds. The first-order chi connectivity index (χ1) is 10.3. The summed E-state index contributed by atoms with van der Waals surface area (Å²) < 4.78 is 10.6. The van der Waals surface area contributed by atoms with E-state index in [0.717, 1.165) is 38.5 Å². The molecule has 1 saturated heterocycles. The molecular weight excluding hydrogens is 268 g/mol. The van der Waals surface area contributed by atoms with Crippen molar-refractivity contribution >= 4 is 5.91 Å². The van der Waals surface area contributed by atoms with Crippen LogP contribution in [0, 0.1) is 0 Å². The van der Waals surface area contributed by atoms with Crippen LogP contribution in [-0.2, 0) is 0 Å². The molecule has 0 radical (unpaired) electrons. The van der Waals surface area contributed by atoms with E-state index in [1.807, 2.05) is 17.0 Å². The van der Waals surface area contributed by atoms with E-state index < -0.39 is 0 Å². The number of hydrogen-bond donors (Lipinski definition) is 0. The van der Waals surface area contributed by atoms with Crippen molar-refractivity contribution in [1.82, 2.24) is 9.80 Å². The number of ether oxygens (including phenoxy) is 2. The molecule has 0 aliphatic carbocycles. The van der Waals surface area contributed by atoms with E-state index in [1.165, 1.54) is 12.8 Å². The molecule has 0 N–H and O–H groups in total. The molecule has 0 aromatic heterocycles. The highest BCUT2D eigenvalue weighted by molar-refractivity contribution is 5.95. The number of benzene rings is 1. The van der Waals surface area contributed by atoms with Crippen molar-refractivity contribution < 1.29 is 14.3 Å². The van der Waals surface area contributed by atoms with E-state index in [9.17, 15) is 4.79 Å². The van der Waals surface area contributed by atoms with Crippen LogP contribution in [0.15, 0.2) is 18.2 Å². The Morgan fingerprint density at radius 1 is 1.14 bits per heavy atom. The van der Waals surface area contributed by atoms with Gasteiger partial charge in [0.05, 0.1) is 0 Å². The molecule has 1 aromatic carbocycles. The zero-order valence-electron chi connectivity index (χ0n) is 12.5. The minimum Gasteiger partial charge on any atom is -0.454 e. The summed E-state index contributed by atoms with van der Waals surface area (Å²) in [6.07, 6.45) is 2.45. The smallest absolute Gasteiger partial charge is 0.254 e. The Labute approximate surface area is 125 Å². The van der Waals surface area contributed by atoms with Gasteiger partial charge in [0.1, 0.15) is 0 Å². The molecule has 114 valence electrons. The maximum atomic E-state index is 12.5. The molecule has 1 aromatic rings. The molecule has 2 aliphatic heterocycles. The number of rotatable bonds is 4. The average molecular weight is 290 g/mol. The van der Waals surface area contributed by atoms with E-state index >= 15 is 0 Å². The number of unbranched alkanes of at least 4 members (excludes halogenated alkanes) is 1. The van der Waals surface area contributed by atoms with Crippen molar-refractivity contribution in [2.75, 3.05) is 39.5 Å². The Balaban J connectivity index is 1.59. The van der Waals surface area contributed by atoms with E-state index in [2.05, 4.69) is 11.8 Å². The van der Waals surface area contributed by atoms with Gasteiger partial charge in [-0.25, -0.2) is 0 Å². The third kappa shape index (κ3) is 3.13. The lowest BCUT2D eigenvalue weighted by molar-refractivity contribution is 0.0635. The Kier molecular flexibility index (Phi) is 4.29. The van der Waals surface area contributed by atoms with Crippen LogP contribution < -0.4 is 9.47 Å². The van der Waals surface area contributed by atoms with E-state index in [0.29, 0.717) is 11.3 Å². The minimum absolute atomic E-state index is 0.0865. The summed E-state index contributed by atoms with van der Waals surface area (Å²) in [6, 6.07) is 5.42. The third-order valence-electron chi connectivity index (χ3n) is 4.11. The van der Waals surface area contributed by atoms with Crippen molar-refractivity contribution in [3.8, 4) is 11.5 Å². The molecule has 0 saturated carbocycles. The lowest BCUT2D eigenvalue weighted by Crippen LogP contribution is -2.48. The predicted molar refractivity (Wildman–Crippen MR) is 79.8 cm³/mol.